The second-order valence-electron chi connectivity index (χ2n) is 3.08. The van der Waals surface area contributed by atoms with E-state index in [1.54, 1.807) is 6.92 Å². The van der Waals surface area contributed by atoms with Crippen molar-refractivity contribution in [1.82, 2.24) is 4.72 Å². The average Bonchev–Trinajstić information content (AvgIpc) is 2.08. The van der Waals surface area contributed by atoms with Crippen LogP contribution in [0.1, 0.15) is 20.3 Å². The van der Waals surface area contributed by atoms with E-state index in [9.17, 15) is 8.42 Å². The predicted octanol–water partition coefficient (Wildman–Crippen LogP) is 0.138. The molecule has 0 unspecified atom stereocenters. The van der Waals surface area contributed by atoms with Crippen molar-refractivity contribution >= 4 is 15.9 Å². The fraction of sp³-hybridized carbons (Fsp3) is 0.625. The Balaban J connectivity index is 3.57. The molecule has 0 aromatic rings. The number of nitrogens with zero attached hydrogens (tertiary/aromatic N) is 1. The highest BCUT2D eigenvalue weighted by Crippen LogP contribution is 1.93. The first kappa shape index (κ1) is 14.1. The molecule has 88 valence electrons. The largest absolute Gasteiger partial charge is 0.396 e. The van der Waals surface area contributed by atoms with E-state index in [0.29, 0.717) is 13.0 Å². The summed E-state index contributed by atoms with van der Waals surface area (Å²) in [6.45, 7) is 7.85. The number of oxime groups is 1. The van der Waals surface area contributed by atoms with Crippen LogP contribution in [-0.2, 0) is 15.0 Å². The molecule has 0 saturated carbocycles. The van der Waals surface area contributed by atoms with E-state index in [1.165, 1.54) is 0 Å². The first-order valence-corrected chi connectivity index (χ1v) is 5.97. The summed E-state index contributed by atoms with van der Waals surface area (Å²) in [5.74, 6) is 0. The molecular formula is C8H17N3O3S. The highest BCUT2D eigenvalue weighted by molar-refractivity contribution is 7.87. The van der Waals surface area contributed by atoms with Gasteiger partial charge in [-0.1, -0.05) is 11.7 Å². The Bertz CT molecular complexity index is 335. The maximum atomic E-state index is 10.4. The minimum atomic E-state index is -3.60. The monoisotopic (exact) mass is 235 g/mol. The van der Waals surface area contributed by atoms with Gasteiger partial charge in [0.15, 0.2) is 0 Å². The molecule has 15 heavy (non-hydrogen) atoms. The van der Waals surface area contributed by atoms with E-state index < -0.39 is 10.2 Å². The maximum Gasteiger partial charge on any atom is 0.274 e. The minimum absolute atomic E-state index is 0.237. The van der Waals surface area contributed by atoms with Crippen molar-refractivity contribution in [3.8, 4) is 0 Å². The second kappa shape index (κ2) is 6.54. The van der Waals surface area contributed by atoms with Crippen LogP contribution in [0.2, 0.25) is 0 Å². The Morgan fingerprint density at radius 3 is 2.60 bits per heavy atom. The molecule has 7 heteroatoms. The molecular weight excluding hydrogens is 218 g/mol. The number of hydrogen-bond donors (Lipinski definition) is 2. The van der Waals surface area contributed by atoms with E-state index in [-0.39, 0.29) is 6.54 Å². The summed E-state index contributed by atoms with van der Waals surface area (Å²) in [4.78, 5) is 4.92. The lowest BCUT2D eigenvalue weighted by Gasteiger charge is -2.02. The van der Waals surface area contributed by atoms with Gasteiger partial charge in [-0.3, -0.25) is 0 Å². The van der Waals surface area contributed by atoms with Crippen LogP contribution in [0.15, 0.2) is 17.3 Å². The third-order valence-corrected chi connectivity index (χ3v) is 2.14. The van der Waals surface area contributed by atoms with Crippen LogP contribution in [0.3, 0.4) is 0 Å². The van der Waals surface area contributed by atoms with Crippen molar-refractivity contribution in [2.45, 2.75) is 20.3 Å². The lowest BCUT2D eigenvalue weighted by Crippen LogP contribution is -2.31. The van der Waals surface area contributed by atoms with E-state index in [0.717, 1.165) is 11.3 Å². The summed E-state index contributed by atoms with van der Waals surface area (Å²) in [6.07, 6.45) is 0.503. The van der Waals surface area contributed by atoms with Crippen LogP contribution in [0.25, 0.3) is 0 Å². The molecule has 0 aliphatic rings. The Labute approximate surface area is 90.4 Å². The van der Waals surface area contributed by atoms with Crippen LogP contribution in [0.4, 0.5) is 0 Å². The third-order valence-electron chi connectivity index (χ3n) is 1.53. The van der Waals surface area contributed by atoms with Crippen molar-refractivity contribution in [1.29, 1.82) is 0 Å². The van der Waals surface area contributed by atoms with Gasteiger partial charge >= 0.3 is 0 Å². The molecule has 0 saturated heterocycles. The van der Waals surface area contributed by atoms with E-state index in [1.807, 2.05) is 6.92 Å². The molecule has 0 aromatic heterocycles. The van der Waals surface area contributed by atoms with Gasteiger partial charge in [0, 0.05) is 6.54 Å². The summed E-state index contributed by atoms with van der Waals surface area (Å²) in [5.41, 5.74) is 1.55. The van der Waals surface area contributed by atoms with Gasteiger partial charge < -0.3 is 4.84 Å². The Morgan fingerprint density at radius 2 is 2.13 bits per heavy atom. The Kier molecular flexibility index (Phi) is 6.14. The standard InChI is InChI=1S/C8H17N3O3S/c1-7(2)8(3)11-14-6-4-5-10-15(9,12)13/h10H,1,4-6H2,2-3H3,(H2,9,12,13)/b11-8+. The normalized spacial score (nSPS) is 12.6. The second-order valence-corrected chi connectivity index (χ2v) is 4.46. The predicted molar refractivity (Wildman–Crippen MR) is 59.6 cm³/mol. The first-order chi connectivity index (χ1) is 6.83. The molecule has 3 N–H and O–H groups in total. The highest BCUT2D eigenvalue weighted by Gasteiger charge is 1.98. The molecule has 0 rings (SSSR count). The number of rotatable bonds is 7. The zero-order chi connectivity index (χ0) is 11.9. The fourth-order valence-corrected chi connectivity index (χ4v) is 1.00. The molecule has 0 spiro atoms. The minimum Gasteiger partial charge on any atom is -0.396 e. The molecule has 6 nitrogen and oxygen atoms in total. The van der Waals surface area contributed by atoms with Crippen LogP contribution in [0.5, 0.6) is 0 Å². The van der Waals surface area contributed by atoms with Crippen molar-refractivity contribution in [2.24, 2.45) is 10.3 Å². The molecule has 0 radical (unpaired) electrons. The quantitative estimate of drug-likeness (QED) is 0.373. The Morgan fingerprint density at radius 1 is 1.53 bits per heavy atom. The molecule has 0 amide bonds. The van der Waals surface area contributed by atoms with Crippen LogP contribution >= 0.6 is 0 Å². The topological polar surface area (TPSA) is 93.8 Å². The molecule has 0 aliphatic heterocycles. The van der Waals surface area contributed by atoms with Crippen LogP contribution in [0, 0.1) is 0 Å². The van der Waals surface area contributed by atoms with Crippen LogP contribution < -0.4 is 9.86 Å². The van der Waals surface area contributed by atoms with Gasteiger partial charge in [-0.2, -0.15) is 8.42 Å². The van der Waals surface area contributed by atoms with Crippen molar-refractivity contribution in [3.63, 3.8) is 0 Å². The zero-order valence-corrected chi connectivity index (χ0v) is 9.80. The average molecular weight is 235 g/mol. The van der Waals surface area contributed by atoms with Gasteiger partial charge in [0.1, 0.15) is 6.61 Å². The number of nitrogens with one attached hydrogen (secondary N) is 1. The van der Waals surface area contributed by atoms with Gasteiger partial charge in [-0.15, -0.1) is 0 Å². The van der Waals surface area contributed by atoms with Crippen molar-refractivity contribution in [2.75, 3.05) is 13.2 Å². The van der Waals surface area contributed by atoms with Crippen molar-refractivity contribution < 1.29 is 13.3 Å². The summed E-state index contributed by atoms with van der Waals surface area (Å²) >= 11 is 0. The first-order valence-electron chi connectivity index (χ1n) is 4.43. The molecule has 0 aliphatic carbocycles. The molecule has 0 atom stereocenters. The lowest BCUT2D eigenvalue weighted by molar-refractivity contribution is 0.142. The Hall–Kier alpha value is -0.920. The van der Waals surface area contributed by atoms with Gasteiger partial charge in [0.05, 0.1) is 5.71 Å². The summed E-state index contributed by atoms with van der Waals surface area (Å²) in [6, 6.07) is 0. The highest BCUT2D eigenvalue weighted by atomic mass is 32.2. The summed E-state index contributed by atoms with van der Waals surface area (Å²) in [7, 11) is -3.60. The molecule has 0 aromatic carbocycles. The number of allylic oxidation sites excluding steroid dienone is 1. The lowest BCUT2D eigenvalue weighted by atomic mass is 10.2. The smallest absolute Gasteiger partial charge is 0.274 e. The summed E-state index contributed by atoms with van der Waals surface area (Å²) in [5, 5.41) is 8.49. The fourth-order valence-electron chi connectivity index (χ4n) is 0.572. The van der Waals surface area contributed by atoms with E-state index >= 15 is 0 Å². The van der Waals surface area contributed by atoms with E-state index in [2.05, 4.69) is 16.5 Å². The molecule has 0 bridgehead atoms. The van der Waals surface area contributed by atoms with E-state index in [4.69, 9.17) is 9.98 Å². The SMILES string of the molecule is C=C(C)/C(C)=N/OCCCNS(N)(=O)=O. The molecule has 0 fully saturated rings. The third kappa shape index (κ3) is 9.39. The zero-order valence-electron chi connectivity index (χ0n) is 8.99. The number of nitrogens with two attached hydrogens (primary N) is 1. The number of hydrogen-bond acceptors (Lipinski definition) is 4. The maximum absolute atomic E-state index is 10.4. The molecule has 0 heterocycles. The van der Waals surface area contributed by atoms with Crippen molar-refractivity contribution in [3.05, 3.63) is 12.2 Å². The summed E-state index contributed by atoms with van der Waals surface area (Å²) < 4.78 is 23.0. The van der Waals surface area contributed by atoms with Crippen LogP contribution in [-0.4, -0.2) is 27.3 Å². The van der Waals surface area contributed by atoms with Gasteiger partial charge in [-0.05, 0) is 25.8 Å². The van der Waals surface area contributed by atoms with Gasteiger partial charge in [-0.25, -0.2) is 9.86 Å². The van der Waals surface area contributed by atoms with Gasteiger partial charge in [0.25, 0.3) is 10.2 Å². The van der Waals surface area contributed by atoms with Gasteiger partial charge in [0.2, 0.25) is 0 Å².